The lowest BCUT2D eigenvalue weighted by atomic mass is 9.90. The van der Waals surface area contributed by atoms with Gasteiger partial charge in [0.05, 0.1) is 6.04 Å². The van der Waals surface area contributed by atoms with Crippen LogP contribution in [0.1, 0.15) is 30.5 Å². The molecule has 2 aliphatic rings. The van der Waals surface area contributed by atoms with Gasteiger partial charge >= 0.3 is 0 Å². The smallest absolute Gasteiger partial charge is 0.184 e. The van der Waals surface area contributed by atoms with E-state index in [9.17, 15) is 0 Å². The average Bonchev–Trinajstić information content (AvgIpc) is 2.55. The van der Waals surface area contributed by atoms with Gasteiger partial charge in [-0.15, -0.1) is 0 Å². The van der Waals surface area contributed by atoms with Crippen LogP contribution < -0.4 is 10.1 Å². The maximum Gasteiger partial charge on any atom is 0.184 e. The maximum atomic E-state index is 6.36. The van der Waals surface area contributed by atoms with Crippen molar-refractivity contribution >= 4 is 17.3 Å². The number of nitrogens with one attached hydrogen (secondary N) is 1. The molecule has 2 atom stereocenters. The van der Waals surface area contributed by atoms with Gasteiger partial charge in [0, 0.05) is 18.5 Å². The number of rotatable bonds is 3. The van der Waals surface area contributed by atoms with Crippen LogP contribution in [0, 0.1) is 0 Å². The molecule has 3 nitrogen and oxygen atoms in total. The molecule has 23 heavy (non-hydrogen) atoms. The van der Waals surface area contributed by atoms with Crippen LogP contribution in [-0.2, 0) is 6.42 Å². The first-order valence-electron chi connectivity index (χ1n) is 8.06. The SMILES string of the molecule is CC12CC(NC(=S)N1CCc1ccccc1)c1ccccc1O2. The summed E-state index contributed by atoms with van der Waals surface area (Å²) in [4.78, 5) is 2.20. The number of thiocarbonyl (C=S) groups is 1. The zero-order chi connectivity index (χ0) is 15.9. The minimum Gasteiger partial charge on any atom is -0.468 e. The van der Waals surface area contributed by atoms with E-state index in [4.69, 9.17) is 17.0 Å². The highest BCUT2D eigenvalue weighted by molar-refractivity contribution is 7.80. The predicted octanol–water partition coefficient (Wildman–Crippen LogP) is 3.66. The summed E-state index contributed by atoms with van der Waals surface area (Å²) in [5.74, 6) is 0.964. The summed E-state index contributed by atoms with van der Waals surface area (Å²) in [6.45, 7) is 3.00. The van der Waals surface area contributed by atoms with Crippen molar-refractivity contribution in [3.63, 3.8) is 0 Å². The fourth-order valence-corrected chi connectivity index (χ4v) is 4.01. The lowest BCUT2D eigenvalue weighted by Crippen LogP contribution is -2.64. The zero-order valence-corrected chi connectivity index (χ0v) is 14.0. The number of nitrogens with zero attached hydrogens (tertiary/aromatic N) is 1. The standard InChI is InChI=1S/C19H20N2OS/c1-19-13-16(15-9-5-6-10-17(15)22-19)20-18(23)21(19)12-11-14-7-3-2-4-8-14/h2-10,16H,11-13H2,1H3,(H,20,23). The molecule has 1 fully saturated rings. The maximum absolute atomic E-state index is 6.36. The van der Waals surface area contributed by atoms with E-state index in [0.29, 0.717) is 0 Å². The second-order valence-corrected chi connectivity index (χ2v) is 6.80. The molecule has 0 aromatic heterocycles. The van der Waals surface area contributed by atoms with Gasteiger partial charge in [-0.25, -0.2) is 0 Å². The van der Waals surface area contributed by atoms with Crippen molar-refractivity contribution < 1.29 is 4.74 Å². The molecule has 2 unspecified atom stereocenters. The van der Waals surface area contributed by atoms with Crippen LogP contribution >= 0.6 is 12.2 Å². The predicted molar refractivity (Wildman–Crippen MR) is 95.4 cm³/mol. The van der Waals surface area contributed by atoms with Crippen molar-refractivity contribution in [1.29, 1.82) is 0 Å². The molecule has 0 amide bonds. The van der Waals surface area contributed by atoms with Crippen LogP contribution in [0.15, 0.2) is 54.6 Å². The second-order valence-electron chi connectivity index (χ2n) is 6.41. The summed E-state index contributed by atoms with van der Waals surface area (Å²) < 4.78 is 6.36. The minimum absolute atomic E-state index is 0.241. The third kappa shape index (κ3) is 2.57. The topological polar surface area (TPSA) is 24.5 Å². The molecule has 2 aromatic carbocycles. The van der Waals surface area contributed by atoms with Gasteiger partial charge in [-0.05, 0) is 37.2 Å². The average molecular weight is 324 g/mol. The van der Waals surface area contributed by atoms with Crippen LogP contribution in [0.25, 0.3) is 0 Å². The molecule has 1 saturated heterocycles. The Morgan fingerprint density at radius 1 is 1.17 bits per heavy atom. The second kappa shape index (κ2) is 5.53. The van der Waals surface area contributed by atoms with E-state index in [-0.39, 0.29) is 11.8 Å². The van der Waals surface area contributed by atoms with Crippen LogP contribution in [0.3, 0.4) is 0 Å². The Morgan fingerprint density at radius 2 is 1.91 bits per heavy atom. The normalized spacial score (nSPS) is 25.3. The van der Waals surface area contributed by atoms with E-state index in [1.807, 2.05) is 18.2 Å². The molecule has 118 valence electrons. The van der Waals surface area contributed by atoms with E-state index in [1.165, 1.54) is 11.1 Å². The first-order valence-corrected chi connectivity index (χ1v) is 8.46. The summed E-state index contributed by atoms with van der Waals surface area (Å²) >= 11 is 5.63. The van der Waals surface area contributed by atoms with Gasteiger partial charge in [0.2, 0.25) is 0 Å². The van der Waals surface area contributed by atoms with Crippen LogP contribution in [0.4, 0.5) is 0 Å². The fraction of sp³-hybridized carbons (Fsp3) is 0.316. The molecule has 1 N–H and O–H groups in total. The van der Waals surface area contributed by atoms with Crippen LogP contribution in [0.5, 0.6) is 5.75 Å². The number of para-hydroxylation sites is 1. The lowest BCUT2D eigenvalue weighted by molar-refractivity contribution is -0.0676. The highest BCUT2D eigenvalue weighted by Gasteiger charge is 2.47. The van der Waals surface area contributed by atoms with Crippen LogP contribution in [-0.4, -0.2) is 22.3 Å². The molecular weight excluding hydrogens is 304 g/mol. The Bertz CT molecular complexity index is 733. The first-order chi connectivity index (χ1) is 11.2. The monoisotopic (exact) mass is 324 g/mol. The fourth-order valence-electron chi connectivity index (χ4n) is 3.59. The molecule has 2 aromatic rings. The van der Waals surface area contributed by atoms with Gasteiger partial charge in [0.15, 0.2) is 10.8 Å². The van der Waals surface area contributed by atoms with Crippen LogP contribution in [0.2, 0.25) is 0 Å². The number of benzene rings is 2. The van der Waals surface area contributed by atoms with Crippen molar-refractivity contribution in [1.82, 2.24) is 10.2 Å². The number of hydrogen-bond donors (Lipinski definition) is 1. The summed E-state index contributed by atoms with van der Waals surface area (Å²) in [6.07, 6.45) is 1.85. The lowest BCUT2D eigenvalue weighted by Gasteiger charge is -2.52. The third-order valence-corrected chi connectivity index (χ3v) is 5.13. The van der Waals surface area contributed by atoms with E-state index in [2.05, 4.69) is 53.5 Å². The number of ether oxygens (including phenoxy) is 1. The van der Waals surface area contributed by atoms with Crippen molar-refractivity contribution in [2.24, 2.45) is 0 Å². The van der Waals surface area contributed by atoms with Gasteiger partial charge in [0.1, 0.15) is 5.75 Å². The highest BCUT2D eigenvalue weighted by Crippen LogP contribution is 2.43. The Labute approximate surface area is 142 Å². The Kier molecular flexibility index (Phi) is 3.49. The Balaban J connectivity index is 1.59. The number of fused-ring (bicyclic) bond motifs is 4. The molecule has 0 radical (unpaired) electrons. The highest BCUT2D eigenvalue weighted by atomic mass is 32.1. The number of hydrogen-bond acceptors (Lipinski definition) is 2. The molecule has 4 heteroatoms. The first kappa shape index (κ1) is 14.5. The molecule has 0 aliphatic carbocycles. The van der Waals surface area contributed by atoms with E-state index in [0.717, 1.165) is 30.2 Å². The van der Waals surface area contributed by atoms with E-state index < -0.39 is 0 Å². The van der Waals surface area contributed by atoms with Gasteiger partial charge in [-0.2, -0.15) is 0 Å². The molecule has 0 saturated carbocycles. The summed E-state index contributed by atoms with van der Waals surface area (Å²) in [5, 5.41) is 4.28. The molecule has 2 heterocycles. The Hall–Kier alpha value is -2.07. The quantitative estimate of drug-likeness (QED) is 0.871. The summed E-state index contributed by atoms with van der Waals surface area (Å²) in [5.41, 5.74) is 2.14. The molecule has 2 bridgehead atoms. The van der Waals surface area contributed by atoms with Crippen molar-refractivity contribution in [3.05, 3.63) is 65.7 Å². The molecule has 0 spiro atoms. The van der Waals surface area contributed by atoms with E-state index in [1.54, 1.807) is 0 Å². The minimum atomic E-state index is -0.379. The molecule has 4 rings (SSSR count). The van der Waals surface area contributed by atoms with Crippen molar-refractivity contribution in [2.75, 3.05) is 6.54 Å². The molecule has 2 aliphatic heterocycles. The van der Waals surface area contributed by atoms with E-state index >= 15 is 0 Å². The molecular formula is C19H20N2OS. The van der Waals surface area contributed by atoms with Gasteiger partial charge in [0.25, 0.3) is 0 Å². The van der Waals surface area contributed by atoms with Crippen molar-refractivity contribution in [2.45, 2.75) is 31.5 Å². The third-order valence-electron chi connectivity index (χ3n) is 4.79. The van der Waals surface area contributed by atoms with Gasteiger partial charge < -0.3 is 15.0 Å². The zero-order valence-electron chi connectivity index (χ0n) is 13.2. The summed E-state index contributed by atoms with van der Waals surface area (Å²) in [7, 11) is 0. The Morgan fingerprint density at radius 3 is 2.74 bits per heavy atom. The van der Waals surface area contributed by atoms with Crippen molar-refractivity contribution in [3.8, 4) is 5.75 Å². The van der Waals surface area contributed by atoms with Gasteiger partial charge in [-0.3, -0.25) is 0 Å². The summed E-state index contributed by atoms with van der Waals surface area (Å²) in [6, 6.07) is 19.0. The van der Waals surface area contributed by atoms with Gasteiger partial charge in [-0.1, -0.05) is 48.5 Å². The largest absolute Gasteiger partial charge is 0.468 e.